The molecule has 11 rings (SSSR count). The fourth-order valence-electron chi connectivity index (χ4n) is 6.86. The highest BCUT2D eigenvalue weighted by Crippen LogP contribution is 2.53. The van der Waals surface area contributed by atoms with Gasteiger partial charge in [-0.2, -0.15) is 13.8 Å². The van der Waals surface area contributed by atoms with Gasteiger partial charge in [0.1, 0.15) is 22.4 Å². The lowest BCUT2D eigenvalue weighted by molar-refractivity contribution is 0.881. The molecule has 11 aromatic rings. The van der Waals surface area contributed by atoms with Crippen molar-refractivity contribution in [2.45, 2.75) is 0 Å². The van der Waals surface area contributed by atoms with Gasteiger partial charge < -0.3 is 9.97 Å². The SMILES string of the molecule is c1ccc2c(-c3c(-c4ncsn4)c(-c4ccsn4)c(-c4ncc5[nH]cnc5n4)c4[nH]c5ccc(-c6c[nH]nn6)c(-c6nnn[nH]6)c5c34)n[nH]c2c1. The molecule has 0 fully saturated rings. The normalized spacial score (nSPS) is 11.9. The summed E-state index contributed by atoms with van der Waals surface area (Å²) in [7, 11) is 0. The zero-order chi connectivity index (χ0) is 33.5. The minimum absolute atomic E-state index is 0.434. The smallest absolute Gasteiger partial charge is 0.181 e. The van der Waals surface area contributed by atoms with Gasteiger partial charge in [0, 0.05) is 54.9 Å². The first kappa shape index (κ1) is 27.8. The summed E-state index contributed by atoms with van der Waals surface area (Å²) in [6.07, 6.45) is 5.06. The van der Waals surface area contributed by atoms with E-state index in [-0.39, 0.29) is 0 Å². The molecule has 19 heteroatoms. The average Bonchev–Trinajstić information content (AvgIpc) is 4.02. The number of H-pyrrole nitrogens is 5. The second kappa shape index (κ2) is 10.7. The largest absolute Gasteiger partial charge is 0.354 e. The number of para-hydroxylation sites is 1. The van der Waals surface area contributed by atoms with E-state index >= 15 is 0 Å². The number of nitrogens with one attached hydrogen (secondary N) is 5. The highest BCUT2D eigenvalue weighted by Gasteiger charge is 2.33. The lowest BCUT2D eigenvalue weighted by atomic mass is 9.85. The van der Waals surface area contributed by atoms with Crippen molar-refractivity contribution >= 4 is 66.9 Å². The maximum Gasteiger partial charge on any atom is 0.181 e. The van der Waals surface area contributed by atoms with E-state index in [1.54, 1.807) is 24.2 Å². The van der Waals surface area contributed by atoms with Gasteiger partial charge in [-0.05, 0) is 57.8 Å². The van der Waals surface area contributed by atoms with Gasteiger partial charge in [0.05, 0.1) is 41.0 Å². The molecule has 8 aromatic heterocycles. The molecule has 242 valence electrons. The summed E-state index contributed by atoms with van der Waals surface area (Å²) in [5.41, 5.74) is 11.7. The first-order valence-corrected chi connectivity index (χ1v) is 17.1. The minimum Gasteiger partial charge on any atom is -0.354 e. The Kier molecular flexibility index (Phi) is 5.83. The molecule has 0 aliphatic carbocycles. The van der Waals surface area contributed by atoms with E-state index in [1.807, 2.05) is 47.8 Å². The fourth-order valence-corrected chi connectivity index (χ4v) is 7.81. The standard InChI is InChI=1S/C32H17N17S2/c1-2-4-15-14(3-1)27(42-40-15)24-23-21-16(6-5-13(18-10-37-47-41-18)20(21)32-43-48-49-44-32)38-28(23)26(30-33-9-19-29(39-30)35-11-34-19)22(17-7-8-50-45-17)25(24)31-36-12-51-46-31/h1-12,38H,(H,40,42)(H,37,41,47)(H,33,34,35,39)(H,43,44,48,49). The van der Waals surface area contributed by atoms with E-state index in [9.17, 15) is 0 Å². The topological polar surface area (TPSA) is 234 Å². The zero-order valence-electron chi connectivity index (χ0n) is 25.6. The molecule has 0 aliphatic heterocycles. The van der Waals surface area contributed by atoms with Crippen molar-refractivity contribution in [3.63, 3.8) is 0 Å². The summed E-state index contributed by atoms with van der Waals surface area (Å²) in [5, 5.41) is 39.2. The Morgan fingerprint density at radius 3 is 2.51 bits per heavy atom. The molecule has 3 aromatic carbocycles. The number of nitrogens with zero attached hydrogens (tertiary/aromatic N) is 12. The van der Waals surface area contributed by atoms with Crippen LogP contribution < -0.4 is 0 Å². The van der Waals surface area contributed by atoms with E-state index in [4.69, 9.17) is 28.8 Å². The molecule has 0 spiro atoms. The van der Waals surface area contributed by atoms with E-state index in [1.165, 1.54) is 23.1 Å². The molecule has 0 saturated heterocycles. The van der Waals surface area contributed by atoms with Crippen LogP contribution in [-0.2, 0) is 0 Å². The van der Waals surface area contributed by atoms with Crippen LogP contribution in [0.2, 0.25) is 0 Å². The second-order valence-electron chi connectivity index (χ2n) is 11.5. The lowest BCUT2D eigenvalue weighted by Gasteiger charge is -2.18. The zero-order valence-corrected chi connectivity index (χ0v) is 27.2. The van der Waals surface area contributed by atoms with Crippen LogP contribution in [0.3, 0.4) is 0 Å². The molecule has 5 N–H and O–H groups in total. The van der Waals surface area contributed by atoms with Crippen molar-refractivity contribution in [3.05, 3.63) is 72.1 Å². The maximum absolute atomic E-state index is 4.97. The Morgan fingerprint density at radius 1 is 0.686 bits per heavy atom. The van der Waals surface area contributed by atoms with E-state index in [2.05, 4.69) is 56.1 Å². The van der Waals surface area contributed by atoms with Crippen LogP contribution in [0, 0.1) is 0 Å². The van der Waals surface area contributed by atoms with Gasteiger partial charge in [-0.1, -0.05) is 23.4 Å². The summed E-state index contributed by atoms with van der Waals surface area (Å²) in [4.78, 5) is 26.0. The average molecular weight is 704 g/mol. The molecule has 51 heavy (non-hydrogen) atoms. The molecule has 17 nitrogen and oxygen atoms in total. The molecule has 0 atom stereocenters. The third-order valence-corrected chi connectivity index (χ3v) is 9.91. The molecule has 0 unspecified atom stereocenters. The quantitative estimate of drug-likeness (QED) is 0.138. The van der Waals surface area contributed by atoms with E-state index < -0.39 is 0 Å². The van der Waals surface area contributed by atoms with Crippen molar-refractivity contribution < 1.29 is 0 Å². The summed E-state index contributed by atoms with van der Waals surface area (Å²) in [5.74, 6) is 1.37. The predicted octanol–water partition coefficient (Wildman–Crippen LogP) is 5.80. The number of hydrogen-bond donors (Lipinski definition) is 5. The summed E-state index contributed by atoms with van der Waals surface area (Å²) >= 11 is 2.60. The third kappa shape index (κ3) is 4.06. The predicted molar refractivity (Wildman–Crippen MR) is 190 cm³/mol. The molecule has 0 aliphatic rings. The summed E-state index contributed by atoms with van der Waals surface area (Å²) in [6, 6.07) is 13.9. The summed E-state index contributed by atoms with van der Waals surface area (Å²) < 4.78 is 9.69. The second-order valence-corrected chi connectivity index (χ2v) is 12.8. The van der Waals surface area contributed by atoms with Crippen molar-refractivity contribution in [1.29, 1.82) is 0 Å². The van der Waals surface area contributed by atoms with E-state index in [0.29, 0.717) is 62.4 Å². The first-order chi connectivity index (χ1) is 25.3. The van der Waals surface area contributed by atoms with Crippen molar-refractivity contribution in [2.24, 2.45) is 0 Å². The molecule has 8 heterocycles. The van der Waals surface area contributed by atoms with Crippen LogP contribution in [0.1, 0.15) is 0 Å². The Labute approximate surface area is 291 Å². The number of hydrogen-bond acceptors (Lipinski definition) is 14. The summed E-state index contributed by atoms with van der Waals surface area (Å²) in [6.45, 7) is 0. The number of imidazole rings is 1. The Balaban J connectivity index is 1.44. The Hall–Kier alpha value is -7.12. The van der Waals surface area contributed by atoms with Gasteiger partial charge in [-0.15, -0.1) is 10.2 Å². The van der Waals surface area contributed by atoms with E-state index in [0.717, 1.165) is 49.4 Å². The van der Waals surface area contributed by atoms with Gasteiger partial charge in [0.15, 0.2) is 23.1 Å². The maximum atomic E-state index is 4.97. The van der Waals surface area contributed by atoms with Crippen LogP contribution >= 0.6 is 23.1 Å². The highest BCUT2D eigenvalue weighted by atomic mass is 32.1. The van der Waals surface area contributed by atoms with Crippen LogP contribution in [0.5, 0.6) is 0 Å². The molecule has 0 radical (unpaired) electrons. The van der Waals surface area contributed by atoms with Crippen molar-refractivity contribution in [3.8, 4) is 67.9 Å². The van der Waals surface area contributed by atoms with Gasteiger partial charge in [0.2, 0.25) is 0 Å². The number of aromatic nitrogens is 17. The number of aromatic amines is 5. The van der Waals surface area contributed by atoms with Crippen LogP contribution in [0.25, 0.3) is 112 Å². The minimum atomic E-state index is 0.434. The van der Waals surface area contributed by atoms with Crippen LogP contribution in [-0.4, -0.2) is 84.9 Å². The molecule has 0 saturated carbocycles. The Morgan fingerprint density at radius 2 is 1.67 bits per heavy atom. The number of fused-ring (bicyclic) bond motifs is 5. The molecular formula is C32H17N17S2. The van der Waals surface area contributed by atoms with Crippen molar-refractivity contribution in [2.75, 3.05) is 0 Å². The van der Waals surface area contributed by atoms with Crippen molar-refractivity contribution in [1.82, 2.24) is 84.9 Å². The number of rotatable bonds is 6. The number of tetrazole rings is 1. The number of benzene rings is 3. The van der Waals surface area contributed by atoms with Gasteiger partial charge in [-0.3, -0.25) is 10.2 Å². The third-order valence-electron chi connectivity index (χ3n) is 8.88. The molecule has 0 amide bonds. The highest BCUT2D eigenvalue weighted by molar-refractivity contribution is 7.04. The van der Waals surface area contributed by atoms with Crippen LogP contribution in [0.15, 0.2) is 72.1 Å². The van der Waals surface area contributed by atoms with Gasteiger partial charge >= 0.3 is 0 Å². The molecule has 0 bridgehead atoms. The Bertz CT molecular complexity index is 3030. The first-order valence-electron chi connectivity index (χ1n) is 15.4. The van der Waals surface area contributed by atoms with Crippen LogP contribution in [0.4, 0.5) is 0 Å². The van der Waals surface area contributed by atoms with Gasteiger partial charge in [0.25, 0.3) is 0 Å². The van der Waals surface area contributed by atoms with Gasteiger partial charge in [-0.25, -0.2) is 25.0 Å². The fraction of sp³-hybridized carbons (Fsp3) is 0. The molecular weight excluding hydrogens is 687 g/mol. The monoisotopic (exact) mass is 703 g/mol. The lowest BCUT2D eigenvalue weighted by Crippen LogP contribution is -2.01.